The van der Waals surface area contributed by atoms with Gasteiger partial charge in [-0.3, -0.25) is 10.4 Å². The number of hydrogen-bond acceptors (Lipinski definition) is 6. The molecule has 7 nitrogen and oxygen atoms in total. The minimum atomic E-state index is -4.54. The number of halogens is 3. The minimum absolute atomic E-state index is 0.162. The first-order valence-corrected chi connectivity index (χ1v) is 8.45. The first-order chi connectivity index (χ1) is 12.2. The lowest BCUT2D eigenvalue weighted by molar-refractivity contribution is -0.0876. The summed E-state index contributed by atoms with van der Waals surface area (Å²) in [6.07, 6.45) is -0.625. The zero-order valence-electron chi connectivity index (χ0n) is 14.7. The molecule has 10 heteroatoms. The van der Waals surface area contributed by atoms with Gasteiger partial charge in [0.25, 0.3) is 0 Å². The zero-order chi connectivity index (χ0) is 18.9. The van der Waals surface area contributed by atoms with Crippen molar-refractivity contribution in [1.29, 1.82) is 0 Å². The number of aromatic nitrogens is 2. The Morgan fingerprint density at radius 2 is 2.12 bits per heavy atom. The summed E-state index contributed by atoms with van der Waals surface area (Å²) < 4.78 is 47.0. The Hall–Kier alpha value is -2.07. The molecule has 1 saturated heterocycles. The fraction of sp³-hybridized carbons (Fsp3) is 0.625. The molecule has 1 unspecified atom stereocenters. The van der Waals surface area contributed by atoms with E-state index in [9.17, 15) is 13.2 Å². The van der Waals surface area contributed by atoms with Crippen LogP contribution in [0.4, 0.5) is 13.2 Å². The number of aliphatic imine (C=N–C) groups is 1. The third-order valence-electron chi connectivity index (χ3n) is 4.84. The predicted octanol–water partition coefficient (Wildman–Crippen LogP) is 1.26. The van der Waals surface area contributed by atoms with E-state index in [0.717, 1.165) is 24.8 Å². The number of aryl methyl sites for hydroxylation is 1. The molecule has 1 aromatic heterocycles. The van der Waals surface area contributed by atoms with Gasteiger partial charge >= 0.3 is 6.18 Å². The van der Waals surface area contributed by atoms with Crippen LogP contribution in [0.5, 0.6) is 0 Å². The number of allylic oxidation sites excluding steroid dienone is 1. The first-order valence-electron chi connectivity index (χ1n) is 8.45. The lowest BCUT2D eigenvalue weighted by atomic mass is 10.0. The maximum atomic E-state index is 13.4. The number of hydrogen-bond donors (Lipinski definition) is 3. The van der Waals surface area contributed by atoms with Crippen molar-refractivity contribution in [3.05, 3.63) is 28.8 Å². The summed E-state index contributed by atoms with van der Waals surface area (Å²) in [5, 5.41) is 9.73. The van der Waals surface area contributed by atoms with Gasteiger partial charge in [0.2, 0.25) is 5.79 Å². The van der Waals surface area contributed by atoms with Gasteiger partial charge in [-0.25, -0.2) is 4.99 Å². The van der Waals surface area contributed by atoms with E-state index in [0.29, 0.717) is 25.3 Å². The quantitative estimate of drug-likeness (QED) is 0.741. The third-order valence-corrected chi connectivity index (χ3v) is 4.84. The van der Waals surface area contributed by atoms with E-state index < -0.39 is 17.5 Å². The fourth-order valence-corrected chi connectivity index (χ4v) is 3.08. The minimum Gasteiger partial charge on any atom is -0.381 e. The largest absolute Gasteiger partial charge is 0.421 e. The van der Waals surface area contributed by atoms with Crippen molar-refractivity contribution in [3.63, 3.8) is 0 Å². The van der Waals surface area contributed by atoms with Crippen molar-refractivity contribution < 1.29 is 17.9 Å². The Balaban J connectivity index is 1.84. The second kappa shape index (κ2) is 6.92. The van der Waals surface area contributed by atoms with Crippen LogP contribution < -0.4 is 16.4 Å². The van der Waals surface area contributed by atoms with Crippen LogP contribution in [0.1, 0.15) is 24.1 Å². The molecule has 0 bridgehead atoms. The molecule has 1 fully saturated rings. The second-order valence-corrected chi connectivity index (χ2v) is 6.64. The standard InChI is InChI=1S/C16H23F3N6O/c1-10-12(9-23-25(10)2)16(20)22-8-13(15(17,18)19)14(24-16)21-7-11-3-5-26-6-4-11/h8-9,11,21,24H,3-7,20H2,1-2H3. The van der Waals surface area contributed by atoms with E-state index >= 15 is 0 Å². The van der Waals surface area contributed by atoms with E-state index in [4.69, 9.17) is 10.5 Å². The highest BCUT2D eigenvalue weighted by molar-refractivity contribution is 5.82. The smallest absolute Gasteiger partial charge is 0.381 e. The maximum Gasteiger partial charge on any atom is 0.421 e. The molecule has 0 amide bonds. The van der Waals surface area contributed by atoms with Crippen LogP contribution in [-0.2, 0) is 17.6 Å². The molecule has 3 heterocycles. The maximum absolute atomic E-state index is 13.4. The van der Waals surface area contributed by atoms with Gasteiger partial charge in [-0.1, -0.05) is 0 Å². The topological polar surface area (TPSA) is 89.5 Å². The zero-order valence-corrected chi connectivity index (χ0v) is 14.7. The van der Waals surface area contributed by atoms with Crippen molar-refractivity contribution in [3.8, 4) is 0 Å². The summed E-state index contributed by atoms with van der Waals surface area (Å²) in [6, 6.07) is 0. The van der Waals surface area contributed by atoms with Crippen LogP contribution in [0.2, 0.25) is 0 Å². The van der Waals surface area contributed by atoms with Crippen LogP contribution in [0.3, 0.4) is 0 Å². The number of rotatable bonds is 4. The lowest BCUT2D eigenvalue weighted by Crippen LogP contribution is -2.54. The van der Waals surface area contributed by atoms with Gasteiger partial charge in [-0.05, 0) is 25.7 Å². The molecule has 0 aromatic carbocycles. The van der Waals surface area contributed by atoms with Crippen molar-refractivity contribution in [2.75, 3.05) is 19.8 Å². The van der Waals surface area contributed by atoms with Crippen molar-refractivity contribution in [1.82, 2.24) is 20.4 Å². The molecular formula is C16H23F3N6O. The van der Waals surface area contributed by atoms with Crippen LogP contribution in [0.25, 0.3) is 0 Å². The van der Waals surface area contributed by atoms with Gasteiger partial charge in [0, 0.05) is 38.7 Å². The second-order valence-electron chi connectivity index (χ2n) is 6.64. The molecule has 0 saturated carbocycles. The fourth-order valence-electron chi connectivity index (χ4n) is 3.08. The van der Waals surface area contributed by atoms with Crippen LogP contribution in [-0.4, -0.2) is 41.9 Å². The molecule has 3 rings (SSSR count). The molecule has 0 aliphatic carbocycles. The van der Waals surface area contributed by atoms with Gasteiger partial charge in [-0.2, -0.15) is 18.3 Å². The van der Waals surface area contributed by atoms with Crippen molar-refractivity contribution in [2.24, 2.45) is 23.7 Å². The van der Waals surface area contributed by atoms with Gasteiger partial charge < -0.3 is 15.4 Å². The van der Waals surface area contributed by atoms with Crippen LogP contribution in [0.15, 0.2) is 22.6 Å². The highest BCUT2D eigenvalue weighted by Gasteiger charge is 2.42. The predicted molar refractivity (Wildman–Crippen MR) is 90.1 cm³/mol. The normalized spacial score (nSPS) is 24.7. The molecule has 0 spiro atoms. The summed E-state index contributed by atoms with van der Waals surface area (Å²) in [7, 11) is 1.73. The molecule has 2 aliphatic rings. The number of nitrogens with zero attached hydrogens (tertiary/aromatic N) is 3. The molecule has 1 atom stereocenters. The van der Waals surface area contributed by atoms with Gasteiger partial charge in [0.05, 0.1) is 11.8 Å². The Labute approximate surface area is 149 Å². The summed E-state index contributed by atoms with van der Waals surface area (Å²) in [5.74, 6) is -1.42. The highest BCUT2D eigenvalue weighted by Crippen LogP contribution is 2.32. The Morgan fingerprint density at radius 1 is 1.42 bits per heavy atom. The SMILES string of the molecule is Cc1c(C2(N)N=CC(C(F)(F)F)=C(NCC3CCOCC3)N2)cnn1C. The molecule has 0 radical (unpaired) electrons. The van der Waals surface area contributed by atoms with Gasteiger partial charge in [0.15, 0.2) is 0 Å². The average Bonchev–Trinajstić information content (AvgIpc) is 2.93. The molecule has 1 aromatic rings. The summed E-state index contributed by atoms with van der Waals surface area (Å²) >= 11 is 0. The first kappa shape index (κ1) is 18.7. The number of nitrogens with two attached hydrogens (primary N) is 1. The summed E-state index contributed by atoms with van der Waals surface area (Å²) in [4.78, 5) is 3.95. The molecular weight excluding hydrogens is 349 g/mol. The van der Waals surface area contributed by atoms with Crippen LogP contribution >= 0.6 is 0 Å². The lowest BCUT2D eigenvalue weighted by Gasteiger charge is -2.34. The van der Waals surface area contributed by atoms with Gasteiger partial charge in [0.1, 0.15) is 11.4 Å². The Kier molecular flexibility index (Phi) is 4.98. The highest BCUT2D eigenvalue weighted by atomic mass is 19.4. The number of alkyl halides is 3. The Morgan fingerprint density at radius 3 is 2.69 bits per heavy atom. The Bertz CT molecular complexity index is 720. The molecule has 2 aliphatic heterocycles. The van der Waals surface area contributed by atoms with Crippen molar-refractivity contribution >= 4 is 6.21 Å². The van der Waals surface area contributed by atoms with E-state index in [2.05, 4.69) is 20.7 Å². The summed E-state index contributed by atoms with van der Waals surface area (Å²) in [6.45, 7) is 3.44. The van der Waals surface area contributed by atoms with Crippen molar-refractivity contribution in [2.45, 2.75) is 31.7 Å². The van der Waals surface area contributed by atoms with E-state index in [1.807, 2.05) is 0 Å². The number of nitrogens with one attached hydrogen (secondary N) is 2. The van der Waals surface area contributed by atoms with Crippen LogP contribution in [0, 0.1) is 12.8 Å². The van der Waals surface area contributed by atoms with E-state index in [1.165, 1.54) is 6.20 Å². The third kappa shape index (κ3) is 3.70. The van der Waals surface area contributed by atoms with E-state index in [-0.39, 0.29) is 11.7 Å². The van der Waals surface area contributed by atoms with Gasteiger partial charge in [-0.15, -0.1) is 0 Å². The molecule has 144 valence electrons. The molecule has 26 heavy (non-hydrogen) atoms. The molecule has 4 N–H and O–H groups in total. The average molecular weight is 372 g/mol. The monoisotopic (exact) mass is 372 g/mol. The summed E-state index contributed by atoms with van der Waals surface area (Å²) in [5.41, 5.74) is 6.64. The van der Waals surface area contributed by atoms with E-state index in [1.54, 1.807) is 18.7 Å². The number of ether oxygens (including phenoxy) is 1.